The van der Waals surface area contributed by atoms with Crippen molar-refractivity contribution in [3.63, 3.8) is 0 Å². The lowest BCUT2D eigenvalue weighted by Crippen LogP contribution is -2.14. The van der Waals surface area contributed by atoms with E-state index in [9.17, 15) is 14.7 Å². The molecular weight excluding hydrogens is 300 g/mol. The highest BCUT2D eigenvalue weighted by atomic mass is 16.5. The normalized spacial score (nSPS) is 12.5. The Balaban J connectivity index is 0.000000515. The summed E-state index contributed by atoms with van der Waals surface area (Å²) < 4.78 is 5.00. The fraction of sp³-hybridized carbons (Fsp3) is 0.529. The average molecular weight is 326 g/mol. The van der Waals surface area contributed by atoms with Gasteiger partial charge in [-0.15, -0.1) is 0 Å². The molecule has 0 amide bonds. The van der Waals surface area contributed by atoms with E-state index in [1.54, 1.807) is 6.92 Å². The molecule has 6 nitrogen and oxygen atoms in total. The first-order chi connectivity index (χ1) is 10.9. The molecule has 0 heterocycles. The van der Waals surface area contributed by atoms with E-state index < -0.39 is 18.2 Å². The van der Waals surface area contributed by atoms with E-state index in [1.165, 1.54) is 0 Å². The molecular formula is C17H26O6. The van der Waals surface area contributed by atoms with Gasteiger partial charge in [-0.25, -0.2) is 0 Å². The minimum atomic E-state index is -0.945. The Bertz CT molecular complexity index is 446. The first-order valence-electron chi connectivity index (χ1n) is 7.66. The molecule has 0 radical (unpaired) electrons. The zero-order chi connectivity index (χ0) is 17.7. The lowest BCUT2D eigenvalue weighted by atomic mass is 10.2. The monoisotopic (exact) mass is 326 g/mol. The largest absolute Gasteiger partial charge is 0.481 e. The Morgan fingerprint density at radius 3 is 1.96 bits per heavy atom. The summed E-state index contributed by atoms with van der Waals surface area (Å²) in [4.78, 5) is 21.0. The molecule has 6 heteroatoms. The van der Waals surface area contributed by atoms with Gasteiger partial charge >= 0.3 is 11.9 Å². The number of rotatable bonds is 8. The van der Waals surface area contributed by atoms with Crippen molar-refractivity contribution < 1.29 is 29.6 Å². The SMILES string of the molecule is CCC(O)CC(=O)O.CCC(O)CC(=O)OCc1ccccc1. The van der Waals surface area contributed by atoms with E-state index in [1.807, 2.05) is 37.3 Å². The Morgan fingerprint density at radius 1 is 1.00 bits per heavy atom. The molecule has 1 aromatic rings. The maximum Gasteiger partial charge on any atom is 0.308 e. The summed E-state index contributed by atoms with van der Waals surface area (Å²) in [5.41, 5.74) is 0.955. The van der Waals surface area contributed by atoms with Crippen LogP contribution in [-0.4, -0.2) is 39.5 Å². The van der Waals surface area contributed by atoms with Crippen molar-refractivity contribution >= 4 is 11.9 Å². The van der Waals surface area contributed by atoms with Crippen molar-refractivity contribution in [1.82, 2.24) is 0 Å². The first-order valence-corrected chi connectivity index (χ1v) is 7.66. The number of aliphatic carboxylic acids is 1. The van der Waals surface area contributed by atoms with Crippen molar-refractivity contribution in [2.24, 2.45) is 0 Å². The van der Waals surface area contributed by atoms with Crippen molar-refractivity contribution in [2.75, 3.05) is 0 Å². The molecule has 0 aliphatic rings. The predicted octanol–water partition coefficient (Wildman–Crippen LogP) is 2.12. The number of hydrogen-bond donors (Lipinski definition) is 3. The van der Waals surface area contributed by atoms with Crippen LogP contribution in [0.25, 0.3) is 0 Å². The summed E-state index contributed by atoms with van der Waals surface area (Å²) in [5, 5.41) is 25.9. The molecule has 0 aliphatic carbocycles. The summed E-state index contributed by atoms with van der Waals surface area (Å²) in [6, 6.07) is 9.48. The van der Waals surface area contributed by atoms with Crippen LogP contribution < -0.4 is 0 Å². The summed E-state index contributed by atoms with van der Waals surface area (Å²) >= 11 is 0. The molecule has 0 spiro atoms. The summed E-state index contributed by atoms with van der Waals surface area (Å²) in [5.74, 6) is -1.30. The third-order valence-corrected chi connectivity index (χ3v) is 3.00. The molecule has 130 valence electrons. The second-order valence-electron chi connectivity index (χ2n) is 5.07. The van der Waals surface area contributed by atoms with Crippen LogP contribution in [0.15, 0.2) is 30.3 Å². The molecule has 23 heavy (non-hydrogen) atoms. The van der Waals surface area contributed by atoms with Gasteiger partial charge in [0.15, 0.2) is 0 Å². The highest BCUT2D eigenvalue weighted by Gasteiger charge is 2.09. The van der Waals surface area contributed by atoms with E-state index >= 15 is 0 Å². The second-order valence-corrected chi connectivity index (χ2v) is 5.07. The van der Waals surface area contributed by atoms with E-state index in [0.717, 1.165) is 5.56 Å². The Hall–Kier alpha value is -1.92. The molecule has 2 atom stereocenters. The van der Waals surface area contributed by atoms with Crippen molar-refractivity contribution in [3.8, 4) is 0 Å². The van der Waals surface area contributed by atoms with Gasteiger partial charge in [-0.1, -0.05) is 44.2 Å². The predicted molar refractivity (Wildman–Crippen MR) is 85.7 cm³/mol. The van der Waals surface area contributed by atoms with Gasteiger partial charge in [0, 0.05) is 0 Å². The molecule has 0 fully saturated rings. The van der Waals surface area contributed by atoms with Crippen LogP contribution in [0, 0.1) is 0 Å². The molecule has 0 bridgehead atoms. The number of benzene rings is 1. The minimum Gasteiger partial charge on any atom is -0.481 e. The van der Waals surface area contributed by atoms with Crippen LogP contribution in [0.1, 0.15) is 45.1 Å². The third-order valence-electron chi connectivity index (χ3n) is 3.00. The van der Waals surface area contributed by atoms with Crippen molar-refractivity contribution in [3.05, 3.63) is 35.9 Å². The van der Waals surface area contributed by atoms with Crippen LogP contribution in [0.4, 0.5) is 0 Å². The smallest absolute Gasteiger partial charge is 0.308 e. The van der Waals surface area contributed by atoms with Crippen LogP contribution in [-0.2, 0) is 20.9 Å². The van der Waals surface area contributed by atoms with Gasteiger partial charge in [0.2, 0.25) is 0 Å². The number of ether oxygens (including phenoxy) is 1. The number of hydrogen-bond acceptors (Lipinski definition) is 5. The summed E-state index contributed by atoms with van der Waals surface area (Å²) in [6.45, 7) is 3.85. The van der Waals surface area contributed by atoms with Crippen LogP contribution in [0.3, 0.4) is 0 Å². The van der Waals surface area contributed by atoms with Crippen molar-refractivity contribution in [1.29, 1.82) is 0 Å². The van der Waals surface area contributed by atoms with Gasteiger partial charge < -0.3 is 20.1 Å². The average Bonchev–Trinajstić information content (AvgIpc) is 2.53. The maximum absolute atomic E-state index is 11.2. The van der Waals surface area contributed by atoms with E-state index in [-0.39, 0.29) is 25.4 Å². The quantitative estimate of drug-likeness (QED) is 0.632. The molecule has 1 aromatic carbocycles. The zero-order valence-corrected chi connectivity index (χ0v) is 13.6. The van der Waals surface area contributed by atoms with Gasteiger partial charge in [-0.05, 0) is 18.4 Å². The molecule has 2 unspecified atom stereocenters. The van der Waals surface area contributed by atoms with E-state index in [0.29, 0.717) is 12.8 Å². The van der Waals surface area contributed by atoms with Gasteiger partial charge in [0.25, 0.3) is 0 Å². The van der Waals surface area contributed by atoms with Crippen LogP contribution in [0.5, 0.6) is 0 Å². The highest BCUT2D eigenvalue weighted by molar-refractivity contribution is 5.69. The zero-order valence-electron chi connectivity index (χ0n) is 13.6. The Kier molecular flexibility index (Phi) is 11.6. The number of carboxylic acids is 1. The summed E-state index contributed by atoms with van der Waals surface area (Å²) in [6.07, 6.45) is -0.257. The second kappa shape index (κ2) is 12.6. The van der Waals surface area contributed by atoms with Gasteiger partial charge in [0.05, 0.1) is 25.0 Å². The van der Waals surface area contributed by atoms with E-state index in [4.69, 9.17) is 14.9 Å². The molecule has 3 N–H and O–H groups in total. The molecule has 0 aliphatic heterocycles. The molecule has 1 rings (SSSR count). The first kappa shape index (κ1) is 21.1. The molecule has 0 saturated heterocycles. The molecule has 0 saturated carbocycles. The highest BCUT2D eigenvalue weighted by Crippen LogP contribution is 2.04. The number of esters is 1. The van der Waals surface area contributed by atoms with Crippen LogP contribution in [0.2, 0.25) is 0 Å². The topological polar surface area (TPSA) is 104 Å². The minimum absolute atomic E-state index is 0.0728. The maximum atomic E-state index is 11.2. The number of aliphatic hydroxyl groups is 2. The third kappa shape index (κ3) is 12.3. The van der Waals surface area contributed by atoms with Gasteiger partial charge in [0.1, 0.15) is 6.61 Å². The number of carbonyl (C=O) groups excluding carboxylic acids is 1. The van der Waals surface area contributed by atoms with Crippen molar-refractivity contribution in [2.45, 2.75) is 58.3 Å². The van der Waals surface area contributed by atoms with Gasteiger partial charge in [-0.2, -0.15) is 0 Å². The lowest BCUT2D eigenvalue weighted by Gasteiger charge is -2.07. The van der Waals surface area contributed by atoms with Gasteiger partial charge in [-0.3, -0.25) is 9.59 Å². The lowest BCUT2D eigenvalue weighted by molar-refractivity contribution is -0.147. The Labute approximate surface area is 136 Å². The van der Waals surface area contributed by atoms with E-state index in [2.05, 4.69) is 0 Å². The standard InChI is InChI=1S/C12H16O3.C5H10O3/c1-2-11(13)8-12(14)15-9-10-6-4-3-5-7-10;1-2-4(6)3-5(7)8/h3-7,11,13H,2,8-9H2,1H3;4,6H,2-3H2,1H3,(H,7,8). The fourth-order valence-corrected chi connectivity index (χ4v) is 1.48. The summed E-state index contributed by atoms with van der Waals surface area (Å²) in [7, 11) is 0. The number of carbonyl (C=O) groups is 2. The number of carboxylic acid groups (broad SMARTS) is 1. The number of aliphatic hydroxyl groups excluding tert-OH is 2. The molecule has 0 aromatic heterocycles. The Morgan fingerprint density at radius 2 is 1.52 bits per heavy atom. The fourth-order valence-electron chi connectivity index (χ4n) is 1.48. The van der Waals surface area contributed by atoms with Crippen LogP contribution >= 0.6 is 0 Å².